The largest absolute Gasteiger partial charge is 0.326 e. The molecular weight excluding hydrogens is 234 g/mol. The molecule has 0 bridgehead atoms. The third kappa shape index (κ3) is 3.17. The Balaban J connectivity index is 2.08. The van der Waals surface area contributed by atoms with Crippen LogP contribution in [0.15, 0.2) is 18.2 Å². The maximum Gasteiger partial charge on any atom is 0.230 e. The average Bonchev–Trinajstić information content (AvgIpc) is 2.40. The van der Waals surface area contributed by atoms with E-state index in [9.17, 15) is 4.79 Å². The first-order valence-corrected chi connectivity index (χ1v) is 7.46. The molecule has 2 rings (SSSR count). The number of rotatable bonds is 3. The molecule has 1 aliphatic rings. The molecule has 0 heterocycles. The van der Waals surface area contributed by atoms with Crippen LogP contribution in [-0.4, -0.2) is 5.91 Å². The van der Waals surface area contributed by atoms with Crippen molar-refractivity contribution >= 4 is 11.6 Å². The van der Waals surface area contributed by atoms with Crippen LogP contribution in [-0.2, 0) is 11.2 Å². The van der Waals surface area contributed by atoms with Gasteiger partial charge in [0.05, 0.1) is 0 Å². The van der Waals surface area contributed by atoms with Crippen molar-refractivity contribution in [1.29, 1.82) is 0 Å². The molecule has 0 aromatic heterocycles. The number of aryl methyl sites for hydroxylation is 2. The summed E-state index contributed by atoms with van der Waals surface area (Å²) in [5.74, 6) is 0.191. The van der Waals surface area contributed by atoms with Crippen molar-refractivity contribution in [2.24, 2.45) is 5.41 Å². The van der Waals surface area contributed by atoms with Gasteiger partial charge < -0.3 is 5.32 Å². The molecule has 104 valence electrons. The Morgan fingerprint density at radius 2 is 1.95 bits per heavy atom. The highest BCUT2D eigenvalue weighted by atomic mass is 16.2. The second-order valence-corrected chi connectivity index (χ2v) is 6.07. The lowest BCUT2D eigenvalue weighted by Gasteiger charge is -2.32. The first kappa shape index (κ1) is 14.1. The highest BCUT2D eigenvalue weighted by Gasteiger charge is 2.34. The van der Waals surface area contributed by atoms with Crippen LogP contribution >= 0.6 is 0 Å². The van der Waals surface area contributed by atoms with Crippen molar-refractivity contribution in [2.45, 2.75) is 59.3 Å². The molecule has 1 N–H and O–H groups in total. The standard InChI is InChI=1S/C17H25NO/c1-4-14-8-9-15(12-13(14)2)18-16(19)17(3)10-6-5-7-11-17/h8-9,12H,4-7,10-11H2,1-3H3,(H,18,19). The number of anilines is 1. The normalized spacial score (nSPS) is 18.1. The minimum atomic E-state index is -0.171. The predicted octanol–water partition coefficient (Wildman–Crippen LogP) is 4.47. The number of nitrogens with one attached hydrogen (secondary N) is 1. The van der Waals surface area contributed by atoms with Gasteiger partial charge in [-0.2, -0.15) is 0 Å². The van der Waals surface area contributed by atoms with Crippen molar-refractivity contribution in [1.82, 2.24) is 0 Å². The molecule has 2 nitrogen and oxygen atoms in total. The Morgan fingerprint density at radius 3 is 2.53 bits per heavy atom. The van der Waals surface area contributed by atoms with Crippen LogP contribution in [0, 0.1) is 12.3 Å². The van der Waals surface area contributed by atoms with E-state index in [4.69, 9.17) is 0 Å². The molecule has 0 spiro atoms. The maximum atomic E-state index is 12.4. The number of hydrogen-bond donors (Lipinski definition) is 1. The molecule has 0 unspecified atom stereocenters. The number of amides is 1. The van der Waals surface area contributed by atoms with E-state index in [1.165, 1.54) is 30.4 Å². The summed E-state index contributed by atoms with van der Waals surface area (Å²) in [5, 5.41) is 3.11. The monoisotopic (exact) mass is 259 g/mol. The molecule has 1 aromatic rings. The summed E-state index contributed by atoms with van der Waals surface area (Å²) in [4.78, 5) is 12.4. The molecule has 0 atom stereocenters. The lowest BCUT2D eigenvalue weighted by atomic mass is 9.75. The Labute approximate surface area is 116 Å². The second kappa shape index (κ2) is 5.77. The van der Waals surface area contributed by atoms with E-state index >= 15 is 0 Å². The summed E-state index contributed by atoms with van der Waals surface area (Å²) in [6.45, 7) is 6.37. The minimum absolute atomic E-state index is 0.171. The number of hydrogen-bond acceptors (Lipinski definition) is 1. The smallest absolute Gasteiger partial charge is 0.230 e. The molecule has 2 heteroatoms. The quantitative estimate of drug-likeness (QED) is 0.852. The van der Waals surface area contributed by atoms with Gasteiger partial charge in [-0.1, -0.05) is 39.2 Å². The zero-order valence-corrected chi connectivity index (χ0v) is 12.4. The van der Waals surface area contributed by atoms with Crippen LogP contribution in [0.3, 0.4) is 0 Å². The molecular formula is C17H25NO. The van der Waals surface area contributed by atoms with Gasteiger partial charge in [0.1, 0.15) is 0 Å². The van der Waals surface area contributed by atoms with Crippen molar-refractivity contribution in [3.8, 4) is 0 Å². The molecule has 1 amide bonds. The molecule has 1 fully saturated rings. The summed E-state index contributed by atoms with van der Waals surface area (Å²) < 4.78 is 0. The van der Waals surface area contributed by atoms with Gasteiger partial charge in [-0.05, 0) is 49.4 Å². The summed E-state index contributed by atoms with van der Waals surface area (Å²) >= 11 is 0. The molecule has 0 radical (unpaired) electrons. The van der Waals surface area contributed by atoms with Crippen LogP contribution in [0.25, 0.3) is 0 Å². The Kier molecular flexibility index (Phi) is 4.28. The van der Waals surface area contributed by atoms with Gasteiger partial charge in [0, 0.05) is 11.1 Å². The molecule has 0 aliphatic heterocycles. The Morgan fingerprint density at radius 1 is 1.26 bits per heavy atom. The van der Waals surface area contributed by atoms with Gasteiger partial charge in [0.15, 0.2) is 0 Å². The number of benzene rings is 1. The molecule has 0 saturated heterocycles. The third-order valence-corrected chi connectivity index (χ3v) is 4.49. The van der Waals surface area contributed by atoms with Gasteiger partial charge in [-0.25, -0.2) is 0 Å². The molecule has 1 aliphatic carbocycles. The van der Waals surface area contributed by atoms with Crippen molar-refractivity contribution < 1.29 is 4.79 Å². The van der Waals surface area contributed by atoms with Crippen molar-refractivity contribution in [3.05, 3.63) is 29.3 Å². The van der Waals surface area contributed by atoms with Crippen molar-refractivity contribution in [2.75, 3.05) is 5.32 Å². The summed E-state index contributed by atoms with van der Waals surface area (Å²) in [6.07, 6.45) is 6.70. The van der Waals surface area contributed by atoms with Gasteiger partial charge in [-0.3, -0.25) is 4.79 Å². The van der Waals surface area contributed by atoms with E-state index in [-0.39, 0.29) is 11.3 Å². The van der Waals surface area contributed by atoms with E-state index in [1.54, 1.807) is 0 Å². The minimum Gasteiger partial charge on any atom is -0.326 e. The highest BCUT2D eigenvalue weighted by molar-refractivity contribution is 5.95. The van der Waals surface area contributed by atoms with Crippen LogP contribution < -0.4 is 5.32 Å². The fourth-order valence-electron chi connectivity index (χ4n) is 3.01. The molecule has 19 heavy (non-hydrogen) atoms. The van der Waals surface area contributed by atoms with E-state index in [0.717, 1.165) is 24.9 Å². The summed E-state index contributed by atoms with van der Waals surface area (Å²) in [6, 6.07) is 6.23. The summed E-state index contributed by atoms with van der Waals surface area (Å²) in [7, 11) is 0. The SMILES string of the molecule is CCc1ccc(NC(=O)C2(C)CCCCC2)cc1C. The fraction of sp³-hybridized carbons (Fsp3) is 0.588. The van der Waals surface area contributed by atoms with Crippen LogP contribution in [0.1, 0.15) is 57.1 Å². The van der Waals surface area contributed by atoms with Gasteiger partial charge in [0.25, 0.3) is 0 Å². The Bertz CT molecular complexity index is 458. The summed E-state index contributed by atoms with van der Waals surface area (Å²) in [5.41, 5.74) is 3.37. The van der Waals surface area contributed by atoms with Gasteiger partial charge in [0.2, 0.25) is 5.91 Å². The fourth-order valence-corrected chi connectivity index (χ4v) is 3.01. The molecule has 1 aromatic carbocycles. The van der Waals surface area contributed by atoms with Gasteiger partial charge in [-0.15, -0.1) is 0 Å². The highest BCUT2D eigenvalue weighted by Crippen LogP contribution is 2.36. The lowest BCUT2D eigenvalue weighted by molar-refractivity contribution is -0.126. The Hall–Kier alpha value is -1.31. The van der Waals surface area contributed by atoms with Crippen LogP contribution in [0.4, 0.5) is 5.69 Å². The van der Waals surface area contributed by atoms with Crippen molar-refractivity contribution in [3.63, 3.8) is 0 Å². The maximum absolute atomic E-state index is 12.4. The number of carbonyl (C=O) groups excluding carboxylic acids is 1. The van der Waals surface area contributed by atoms with E-state index < -0.39 is 0 Å². The van der Waals surface area contributed by atoms with Gasteiger partial charge >= 0.3 is 0 Å². The zero-order chi connectivity index (χ0) is 13.9. The number of carbonyl (C=O) groups is 1. The molecule has 1 saturated carbocycles. The second-order valence-electron chi connectivity index (χ2n) is 6.07. The van der Waals surface area contributed by atoms with E-state index in [2.05, 4.69) is 38.2 Å². The van der Waals surface area contributed by atoms with E-state index in [0.29, 0.717) is 0 Å². The van der Waals surface area contributed by atoms with E-state index in [1.807, 2.05) is 6.07 Å². The first-order valence-electron chi connectivity index (χ1n) is 7.46. The van der Waals surface area contributed by atoms with Crippen LogP contribution in [0.2, 0.25) is 0 Å². The first-order chi connectivity index (χ1) is 9.05. The predicted molar refractivity (Wildman–Crippen MR) is 80.4 cm³/mol. The lowest BCUT2D eigenvalue weighted by Crippen LogP contribution is -2.35. The van der Waals surface area contributed by atoms with Crippen LogP contribution in [0.5, 0.6) is 0 Å². The topological polar surface area (TPSA) is 29.1 Å². The third-order valence-electron chi connectivity index (χ3n) is 4.49. The zero-order valence-electron chi connectivity index (χ0n) is 12.4. The average molecular weight is 259 g/mol.